The highest BCUT2D eigenvalue weighted by Crippen LogP contribution is 2.33. The number of H-pyrrole nitrogens is 1. The molecule has 84 valence electrons. The van der Waals surface area contributed by atoms with Crippen LogP contribution in [-0.2, 0) is 10.2 Å². The SMILES string of the molecule is CC(C(=O)O)c1c(Cl)n[nH]c1C(C)(C)C. The lowest BCUT2D eigenvalue weighted by molar-refractivity contribution is -0.138. The smallest absolute Gasteiger partial charge is 0.310 e. The molecular weight excluding hydrogens is 216 g/mol. The van der Waals surface area contributed by atoms with Crippen molar-refractivity contribution in [3.05, 3.63) is 16.4 Å². The molecule has 5 heteroatoms. The molecule has 4 nitrogen and oxygen atoms in total. The van der Waals surface area contributed by atoms with Crippen LogP contribution in [0, 0.1) is 0 Å². The first kappa shape index (κ1) is 12.0. The molecule has 1 atom stereocenters. The predicted molar refractivity (Wildman–Crippen MR) is 58.3 cm³/mol. The summed E-state index contributed by atoms with van der Waals surface area (Å²) in [5.74, 6) is -1.55. The summed E-state index contributed by atoms with van der Waals surface area (Å²) in [5.41, 5.74) is 1.16. The van der Waals surface area contributed by atoms with Crippen molar-refractivity contribution >= 4 is 17.6 Å². The second-order valence-electron chi connectivity index (χ2n) is 4.61. The highest BCUT2D eigenvalue weighted by molar-refractivity contribution is 6.30. The average molecular weight is 231 g/mol. The van der Waals surface area contributed by atoms with Gasteiger partial charge in [0.2, 0.25) is 0 Å². The highest BCUT2D eigenvalue weighted by Gasteiger charge is 2.29. The number of aromatic amines is 1. The number of rotatable bonds is 2. The molecule has 0 bridgehead atoms. The fourth-order valence-electron chi connectivity index (χ4n) is 1.42. The summed E-state index contributed by atoms with van der Waals surface area (Å²) in [5, 5.41) is 15.9. The number of nitrogens with one attached hydrogen (secondary N) is 1. The maximum atomic E-state index is 10.9. The number of halogens is 1. The largest absolute Gasteiger partial charge is 0.481 e. The van der Waals surface area contributed by atoms with Crippen LogP contribution in [0.2, 0.25) is 5.15 Å². The van der Waals surface area contributed by atoms with Crippen molar-refractivity contribution < 1.29 is 9.90 Å². The van der Waals surface area contributed by atoms with E-state index >= 15 is 0 Å². The maximum absolute atomic E-state index is 10.9. The minimum absolute atomic E-state index is 0.195. The van der Waals surface area contributed by atoms with E-state index in [9.17, 15) is 4.79 Å². The number of aliphatic carboxylic acids is 1. The third kappa shape index (κ3) is 2.31. The fourth-order valence-corrected chi connectivity index (χ4v) is 1.72. The Kier molecular flexibility index (Phi) is 3.09. The Bertz CT molecular complexity index is 379. The number of hydrogen-bond acceptors (Lipinski definition) is 2. The summed E-state index contributed by atoms with van der Waals surface area (Å²) in [4.78, 5) is 10.9. The van der Waals surface area contributed by atoms with E-state index in [1.807, 2.05) is 20.8 Å². The first-order valence-electron chi connectivity index (χ1n) is 4.72. The lowest BCUT2D eigenvalue weighted by Gasteiger charge is -2.19. The molecule has 15 heavy (non-hydrogen) atoms. The molecule has 1 rings (SSSR count). The van der Waals surface area contributed by atoms with Gasteiger partial charge in [-0.05, 0) is 6.92 Å². The third-order valence-electron chi connectivity index (χ3n) is 2.31. The molecule has 1 aromatic heterocycles. The van der Waals surface area contributed by atoms with E-state index in [2.05, 4.69) is 10.2 Å². The summed E-state index contributed by atoms with van der Waals surface area (Å²) >= 11 is 5.88. The van der Waals surface area contributed by atoms with Crippen LogP contribution >= 0.6 is 11.6 Å². The van der Waals surface area contributed by atoms with Crippen molar-refractivity contribution in [1.29, 1.82) is 0 Å². The van der Waals surface area contributed by atoms with Gasteiger partial charge in [0.15, 0.2) is 5.15 Å². The molecule has 1 aromatic rings. The van der Waals surface area contributed by atoms with E-state index in [-0.39, 0.29) is 10.6 Å². The molecule has 0 aliphatic heterocycles. The molecule has 0 fully saturated rings. The Morgan fingerprint density at radius 1 is 1.53 bits per heavy atom. The fraction of sp³-hybridized carbons (Fsp3) is 0.600. The molecule has 0 aliphatic rings. The first-order chi connectivity index (χ1) is 6.75. The van der Waals surface area contributed by atoms with Crippen LogP contribution in [0.4, 0.5) is 0 Å². The van der Waals surface area contributed by atoms with E-state index in [0.717, 1.165) is 5.69 Å². The number of hydrogen-bond donors (Lipinski definition) is 2. The normalized spacial score (nSPS) is 13.9. The summed E-state index contributed by atoms with van der Waals surface area (Å²) in [6.07, 6.45) is 0. The van der Waals surface area contributed by atoms with Gasteiger partial charge < -0.3 is 5.11 Å². The summed E-state index contributed by atoms with van der Waals surface area (Å²) < 4.78 is 0. The van der Waals surface area contributed by atoms with Crippen molar-refractivity contribution in [3.8, 4) is 0 Å². The molecule has 0 amide bonds. The van der Waals surface area contributed by atoms with Crippen molar-refractivity contribution in [2.75, 3.05) is 0 Å². The van der Waals surface area contributed by atoms with Gasteiger partial charge in [0.1, 0.15) is 0 Å². The molecular formula is C10H15ClN2O2. The Balaban J connectivity index is 3.27. The predicted octanol–water partition coefficient (Wildman–Crippen LogP) is 2.55. The summed E-state index contributed by atoms with van der Waals surface area (Å²) in [7, 11) is 0. The van der Waals surface area contributed by atoms with Gasteiger partial charge in [-0.25, -0.2) is 0 Å². The van der Waals surface area contributed by atoms with E-state index < -0.39 is 11.9 Å². The Morgan fingerprint density at radius 2 is 2.07 bits per heavy atom. The van der Waals surface area contributed by atoms with E-state index in [0.29, 0.717) is 5.56 Å². The van der Waals surface area contributed by atoms with E-state index in [4.69, 9.17) is 16.7 Å². The van der Waals surface area contributed by atoms with Crippen molar-refractivity contribution in [3.63, 3.8) is 0 Å². The van der Waals surface area contributed by atoms with Crippen molar-refractivity contribution in [2.24, 2.45) is 0 Å². The van der Waals surface area contributed by atoms with Crippen molar-refractivity contribution in [1.82, 2.24) is 10.2 Å². The van der Waals surface area contributed by atoms with Gasteiger partial charge in [0, 0.05) is 16.7 Å². The van der Waals surface area contributed by atoms with Gasteiger partial charge in [0.05, 0.1) is 5.92 Å². The van der Waals surface area contributed by atoms with Crippen LogP contribution in [0.25, 0.3) is 0 Å². The lowest BCUT2D eigenvalue weighted by Crippen LogP contribution is -2.18. The zero-order valence-corrected chi connectivity index (χ0v) is 10.0. The number of carboxylic acids is 1. The van der Waals surface area contributed by atoms with Crippen LogP contribution in [0.1, 0.15) is 44.9 Å². The van der Waals surface area contributed by atoms with Crippen LogP contribution in [0.15, 0.2) is 0 Å². The van der Waals surface area contributed by atoms with Gasteiger partial charge in [-0.1, -0.05) is 32.4 Å². The number of nitrogens with zero attached hydrogens (tertiary/aromatic N) is 1. The molecule has 1 heterocycles. The summed E-state index contributed by atoms with van der Waals surface area (Å²) in [6, 6.07) is 0. The molecule has 0 saturated carbocycles. The van der Waals surface area contributed by atoms with Crippen LogP contribution in [0.5, 0.6) is 0 Å². The van der Waals surface area contributed by atoms with Gasteiger partial charge >= 0.3 is 5.97 Å². The maximum Gasteiger partial charge on any atom is 0.310 e. The topological polar surface area (TPSA) is 66.0 Å². The second-order valence-corrected chi connectivity index (χ2v) is 4.97. The molecule has 0 aliphatic carbocycles. The Labute approximate surface area is 93.6 Å². The molecule has 2 N–H and O–H groups in total. The Hall–Kier alpha value is -1.03. The number of carbonyl (C=O) groups is 1. The third-order valence-corrected chi connectivity index (χ3v) is 2.60. The Morgan fingerprint density at radius 3 is 2.47 bits per heavy atom. The number of carboxylic acid groups (broad SMARTS) is 1. The zero-order chi connectivity index (χ0) is 11.8. The second kappa shape index (κ2) is 3.85. The minimum atomic E-state index is -0.899. The monoisotopic (exact) mass is 230 g/mol. The van der Waals surface area contributed by atoms with Crippen LogP contribution in [0.3, 0.4) is 0 Å². The van der Waals surface area contributed by atoms with E-state index in [1.54, 1.807) is 6.92 Å². The van der Waals surface area contributed by atoms with Crippen LogP contribution < -0.4 is 0 Å². The molecule has 0 radical (unpaired) electrons. The molecule has 1 unspecified atom stereocenters. The number of aromatic nitrogens is 2. The lowest BCUT2D eigenvalue weighted by atomic mass is 9.86. The summed E-state index contributed by atoms with van der Waals surface area (Å²) in [6.45, 7) is 7.55. The van der Waals surface area contributed by atoms with Crippen molar-refractivity contribution in [2.45, 2.75) is 39.0 Å². The molecule has 0 saturated heterocycles. The quantitative estimate of drug-likeness (QED) is 0.821. The standard InChI is InChI=1S/C10H15ClN2O2/c1-5(9(14)15)6-7(10(2,3)4)12-13-8(6)11/h5H,1-4H3,(H,12,13)(H,14,15). The van der Waals surface area contributed by atoms with Gasteiger partial charge in [-0.2, -0.15) is 5.10 Å². The van der Waals surface area contributed by atoms with Gasteiger partial charge in [0.25, 0.3) is 0 Å². The first-order valence-corrected chi connectivity index (χ1v) is 5.10. The average Bonchev–Trinajstić information content (AvgIpc) is 2.44. The zero-order valence-electron chi connectivity index (χ0n) is 9.26. The van der Waals surface area contributed by atoms with Crippen LogP contribution in [-0.4, -0.2) is 21.3 Å². The van der Waals surface area contributed by atoms with E-state index in [1.165, 1.54) is 0 Å². The van der Waals surface area contributed by atoms with Gasteiger partial charge in [-0.3, -0.25) is 9.89 Å². The highest BCUT2D eigenvalue weighted by atomic mass is 35.5. The molecule has 0 aromatic carbocycles. The van der Waals surface area contributed by atoms with Gasteiger partial charge in [-0.15, -0.1) is 0 Å². The molecule has 0 spiro atoms. The minimum Gasteiger partial charge on any atom is -0.481 e.